The van der Waals surface area contributed by atoms with Gasteiger partial charge < -0.3 is 14.2 Å². The minimum atomic E-state index is -0.168. The van der Waals surface area contributed by atoms with Crippen LogP contribution in [0.1, 0.15) is 54.4 Å². The van der Waals surface area contributed by atoms with E-state index in [9.17, 15) is 4.79 Å². The summed E-state index contributed by atoms with van der Waals surface area (Å²) in [6.45, 7) is 0.519. The van der Waals surface area contributed by atoms with Gasteiger partial charge in [0.2, 0.25) is 5.75 Å². The summed E-state index contributed by atoms with van der Waals surface area (Å²) in [5, 5.41) is 0.715. The van der Waals surface area contributed by atoms with E-state index in [0.717, 1.165) is 6.42 Å². The van der Waals surface area contributed by atoms with Gasteiger partial charge in [-0.3, -0.25) is 9.78 Å². The van der Waals surface area contributed by atoms with Crippen LogP contribution in [0.25, 0.3) is 0 Å². The van der Waals surface area contributed by atoms with Gasteiger partial charge in [-0.15, -0.1) is 0 Å². The number of rotatable bonds is 9. The van der Waals surface area contributed by atoms with Crippen molar-refractivity contribution in [1.29, 1.82) is 0 Å². The third-order valence-corrected chi connectivity index (χ3v) is 6.24. The number of carbonyl (C=O) groups is 1. The molecule has 0 unspecified atom stereocenters. The zero-order valence-electron chi connectivity index (χ0n) is 17.4. The summed E-state index contributed by atoms with van der Waals surface area (Å²) in [5.41, 5.74) is 0.960. The molecule has 1 aliphatic carbocycles. The number of methoxy groups -OCH3 is 2. The molecule has 0 atom stereocenters. The molecule has 1 aliphatic rings. The van der Waals surface area contributed by atoms with Crippen molar-refractivity contribution in [3.05, 3.63) is 45.7 Å². The summed E-state index contributed by atoms with van der Waals surface area (Å²) in [7, 11) is 3.10. The van der Waals surface area contributed by atoms with Gasteiger partial charge in [-0.25, -0.2) is 0 Å². The molecule has 1 fully saturated rings. The molecule has 0 spiro atoms. The van der Waals surface area contributed by atoms with Crippen LogP contribution in [-0.4, -0.2) is 31.6 Å². The van der Waals surface area contributed by atoms with E-state index in [-0.39, 0.29) is 12.2 Å². The molecule has 0 saturated heterocycles. The number of Topliss-reactive ketones (excluding diaryl/α,β-unsaturated/α-hetero) is 1. The lowest BCUT2D eigenvalue weighted by molar-refractivity contribution is 0.0987. The van der Waals surface area contributed by atoms with Crippen molar-refractivity contribution >= 4 is 29.0 Å². The van der Waals surface area contributed by atoms with E-state index >= 15 is 0 Å². The molecule has 5 nitrogen and oxygen atoms in total. The molecule has 0 amide bonds. The van der Waals surface area contributed by atoms with Crippen molar-refractivity contribution < 1.29 is 19.0 Å². The van der Waals surface area contributed by atoms with Gasteiger partial charge in [-0.1, -0.05) is 55.3 Å². The number of aromatic nitrogens is 1. The lowest BCUT2D eigenvalue weighted by Crippen LogP contribution is -2.13. The standard InChI is InChI=1S/C23H27Cl2NO4/c1-28-21-9-8-16(20(27)12-17-18(24)13-26-14-19(17)25)22(23(21)29-2)30-11-10-15-6-4-3-5-7-15/h8-9,13-15H,3-7,10-12H2,1-2H3. The number of ketones is 1. The minimum absolute atomic E-state index is 0.0364. The van der Waals surface area contributed by atoms with Crippen molar-refractivity contribution in [2.24, 2.45) is 5.92 Å². The Bertz CT molecular complexity index is 861. The summed E-state index contributed by atoms with van der Waals surface area (Å²) in [5.74, 6) is 1.84. The van der Waals surface area contributed by atoms with Crippen molar-refractivity contribution in [3.63, 3.8) is 0 Å². The van der Waals surface area contributed by atoms with E-state index in [2.05, 4.69) is 4.98 Å². The zero-order valence-corrected chi connectivity index (χ0v) is 18.9. The van der Waals surface area contributed by atoms with E-state index in [1.54, 1.807) is 19.2 Å². The smallest absolute Gasteiger partial charge is 0.204 e. The van der Waals surface area contributed by atoms with Crippen LogP contribution >= 0.6 is 23.2 Å². The average molecular weight is 452 g/mol. The Morgan fingerprint density at radius 3 is 2.37 bits per heavy atom. The highest BCUT2D eigenvalue weighted by atomic mass is 35.5. The molecule has 3 rings (SSSR count). The van der Waals surface area contributed by atoms with Gasteiger partial charge in [0.1, 0.15) is 0 Å². The highest BCUT2D eigenvalue weighted by molar-refractivity contribution is 6.36. The molecule has 0 N–H and O–H groups in total. The lowest BCUT2D eigenvalue weighted by atomic mass is 9.87. The van der Waals surface area contributed by atoms with Gasteiger partial charge in [-0.2, -0.15) is 0 Å². The van der Waals surface area contributed by atoms with Crippen LogP contribution in [0.4, 0.5) is 0 Å². The number of ether oxygens (including phenoxy) is 3. The summed E-state index contributed by atoms with van der Waals surface area (Å²) < 4.78 is 17.1. The van der Waals surface area contributed by atoms with E-state index in [0.29, 0.717) is 50.9 Å². The molecule has 30 heavy (non-hydrogen) atoms. The number of nitrogens with zero attached hydrogens (tertiary/aromatic N) is 1. The van der Waals surface area contributed by atoms with Crippen molar-refractivity contribution in [2.45, 2.75) is 44.9 Å². The van der Waals surface area contributed by atoms with Crippen LogP contribution in [0.15, 0.2) is 24.5 Å². The number of carbonyl (C=O) groups excluding carboxylic acids is 1. The van der Waals surface area contributed by atoms with Crippen LogP contribution in [0, 0.1) is 5.92 Å². The summed E-state index contributed by atoms with van der Waals surface area (Å²) >= 11 is 12.4. The number of hydrogen-bond donors (Lipinski definition) is 0. The van der Waals surface area contributed by atoms with Crippen LogP contribution in [0.5, 0.6) is 17.2 Å². The van der Waals surface area contributed by atoms with Crippen molar-refractivity contribution in [2.75, 3.05) is 20.8 Å². The fourth-order valence-electron chi connectivity index (χ4n) is 3.93. The first-order chi connectivity index (χ1) is 14.5. The first-order valence-corrected chi connectivity index (χ1v) is 11.0. The molecule has 0 radical (unpaired) electrons. The Morgan fingerprint density at radius 2 is 1.73 bits per heavy atom. The van der Waals surface area contributed by atoms with Gasteiger partial charge >= 0.3 is 0 Å². The first-order valence-electron chi connectivity index (χ1n) is 10.2. The molecule has 162 valence electrons. The highest BCUT2D eigenvalue weighted by Gasteiger charge is 2.23. The Balaban J connectivity index is 1.84. The van der Waals surface area contributed by atoms with Gasteiger partial charge in [0.15, 0.2) is 17.3 Å². The second kappa shape index (κ2) is 10.9. The average Bonchev–Trinajstić information content (AvgIpc) is 2.76. The minimum Gasteiger partial charge on any atom is -0.493 e. The number of hydrogen-bond acceptors (Lipinski definition) is 5. The Morgan fingerprint density at radius 1 is 1.03 bits per heavy atom. The molecule has 0 bridgehead atoms. The number of pyridine rings is 1. The van der Waals surface area contributed by atoms with Gasteiger partial charge in [-0.05, 0) is 24.5 Å². The predicted octanol–water partition coefficient (Wildman–Crippen LogP) is 6.18. The number of benzene rings is 1. The van der Waals surface area contributed by atoms with Crippen LogP contribution in [-0.2, 0) is 6.42 Å². The molecule has 1 saturated carbocycles. The van der Waals surface area contributed by atoms with Crippen LogP contribution in [0.2, 0.25) is 10.0 Å². The Labute approximate surface area is 187 Å². The molecule has 1 heterocycles. The molecular formula is C23H27Cl2NO4. The SMILES string of the molecule is COc1ccc(C(=O)Cc2c(Cl)cncc2Cl)c(OCCC2CCCCC2)c1OC. The maximum absolute atomic E-state index is 13.2. The fourth-order valence-corrected chi connectivity index (χ4v) is 4.43. The summed E-state index contributed by atoms with van der Waals surface area (Å²) in [6, 6.07) is 3.40. The monoisotopic (exact) mass is 451 g/mol. The molecule has 0 aliphatic heterocycles. The predicted molar refractivity (Wildman–Crippen MR) is 119 cm³/mol. The third-order valence-electron chi connectivity index (χ3n) is 5.59. The van der Waals surface area contributed by atoms with Gasteiger partial charge in [0.05, 0.1) is 36.4 Å². The largest absolute Gasteiger partial charge is 0.493 e. The van der Waals surface area contributed by atoms with Crippen molar-refractivity contribution in [1.82, 2.24) is 4.98 Å². The molecule has 2 aromatic rings. The fraction of sp³-hybridized carbons (Fsp3) is 0.478. The maximum atomic E-state index is 13.2. The molecule has 1 aromatic carbocycles. The van der Waals surface area contributed by atoms with E-state index in [1.165, 1.54) is 51.6 Å². The van der Waals surface area contributed by atoms with Gasteiger partial charge in [0.25, 0.3) is 0 Å². The van der Waals surface area contributed by atoms with E-state index < -0.39 is 0 Å². The number of halogens is 2. The van der Waals surface area contributed by atoms with Gasteiger partial charge in [0, 0.05) is 24.4 Å². The second-order valence-electron chi connectivity index (χ2n) is 7.50. The highest BCUT2D eigenvalue weighted by Crippen LogP contribution is 2.41. The normalized spacial score (nSPS) is 14.4. The molecule has 7 heteroatoms. The first kappa shape index (κ1) is 22.7. The second-order valence-corrected chi connectivity index (χ2v) is 8.31. The summed E-state index contributed by atoms with van der Waals surface area (Å²) in [4.78, 5) is 17.1. The molecule has 1 aromatic heterocycles. The van der Waals surface area contributed by atoms with E-state index in [1.807, 2.05) is 0 Å². The van der Waals surface area contributed by atoms with Crippen LogP contribution < -0.4 is 14.2 Å². The maximum Gasteiger partial charge on any atom is 0.204 e. The topological polar surface area (TPSA) is 57.7 Å². The quantitative estimate of drug-likeness (QED) is 0.425. The van der Waals surface area contributed by atoms with Crippen LogP contribution in [0.3, 0.4) is 0 Å². The zero-order chi connectivity index (χ0) is 21.5. The molecular weight excluding hydrogens is 425 g/mol. The Kier molecular flexibility index (Phi) is 8.23. The van der Waals surface area contributed by atoms with E-state index in [4.69, 9.17) is 37.4 Å². The summed E-state index contributed by atoms with van der Waals surface area (Å²) in [6.07, 6.45) is 10.3. The lowest BCUT2D eigenvalue weighted by Gasteiger charge is -2.22. The Hall–Kier alpha value is -1.98. The van der Waals surface area contributed by atoms with Crippen molar-refractivity contribution in [3.8, 4) is 17.2 Å². The third kappa shape index (κ3) is 5.38.